The molecule has 1 aromatic carbocycles. The first-order valence-electron chi connectivity index (χ1n) is 5.50. The summed E-state index contributed by atoms with van der Waals surface area (Å²) in [6, 6.07) is 4.88. The summed E-state index contributed by atoms with van der Waals surface area (Å²) < 4.78 is 6.00. The van der Waals surface area contributed by atoms with E-state index in [2.05, 4.69) is 26.6 Å². The lowest BCUT2D eigenvalue weighted by Gasteiger charge is -2.22. The van der Waals surface area contributed by atoms with Crippen LogP contribution in [0.4, 0.5) is 5.69 Å². The van der Waals surface area contributed by atoms with E-state index < -0.39 is 6.04 Å². The van der Waals surface area contributed by atoms with E-state index >= 15 is 0 Å². The summed E-state index contributed by atoms with van der Waals surface area (Å²) in [6.07, 6.45) is 0. The maximum absolute atomic E-state index is 11.9. The van der Waals surface area contributed by atoms with Crippen LogP contribution in [0.3, 0.4) is 0 Å². The number of hydrogen-bond acceptors (Lipinski definition) is 3. The summed E-state index contributed by atoms with van der Waals surface area (Å²) in [5.41, 5.74) is 1.72. The lowest BCUT2D eigenvalue weighted by molar-refractivity contribution is -0.136. The third kappa shape index (κ3) is 3.08. The van der Waals surface area contributed by atoms with Crippen LogP contribution in [0.1, 0.15) is 5.56 Å². The lowest BCUT2D eigenvalue weighted by atomic mass is 10.2. The Balaban J connectivity index is 2.02. The van der Waals surface area contributed by atoms with Gasteiger partial charge in [-0.05, 0) is 30.7 Å². The van der Waals surface area contributed by atoms with Gasteiger partial charge in [0.25, 0.3) is 0 Å². The van der Waals surface area contributed by atoms with Gasteiger partial charge in [-0.3, -0.25) is 9.59 Å². The van der Waals surface area contributed by atoms with E-state index in [-0.39, 0.29) is 25.0 Å². The number of carbonyl (C=O) groups is 2. The van der Waals surface area contributed by atoms with Crippen molar-refractivity contribution >= 4 is 33.4 Å². The first kappa shape index (κ1) is 13.0. The minimum Gasteiger partial charge on any atom is -0.369 e. The topological polar surface area (TPSA) is 67.4 Å². The molecule has 2 N–H and O–H groups in total. The Labute approximate surface area is 113 Å². The molecule has 1 aromatic rings. The van der Waals surface area contributed by atoms with Crippen LogP contribution in [-0.4, -0.2) is 31.1 Å². The molecule has 1 heterocycles. The minimum atomic E-state index is -0.629. The van der Waals surface area contributed by atoms with Crippen LogP contribution in [0.25, 0.3) is 0 Å². The molecule has 0 aromatic heterocycles. The van der Waals surface area contributed by atoms with Gasteiger partial charge in [0.15, 0.2) is 0 Å². The van der Waals surface area contributed by atoms with Gasteiger partial charge in [-0.2, -0.15) is 0 Å². The molecule has 1 aliphatic rings. The van der Waals surface area contributed by atoms with Crippen molar-refractivity contribution in [1.29, 1.82) is 0 Å². The largest absolute Gasteiger partial charge is 0.369 e. The minimum absolute atomic E-state index is 0.0151. The Hall–Kier alpha value is -1.40. The van der Waals surface area contributed by atoms with Gasteiger partial charge in [0, 0.05) is 10.2 Å². The molecule has 0 aliphatic carbocycles. The number of rotatable bonds is 2. The van der Waals surface area contributed by atoms with Gasteiger partial charge in [0.2, 0.25) is 11.8 Å². The third-order valence-corrected chi connectivity index (χ3v) is 3.48. The fourth-order valence-electron chi connectivity index (χ4n) is 1.64. The van der Waals surface area contributed by atoms with Crippen molar-refractivity contribution in [2.75, 3.05) is 18.5 Å². The third-order valence-electron chi connectivity index (χ3n) is 2.59. The predicted molar refractivity (Wildman–Crippen MR) is 70.3 cm³/mol. The van der Waals surface area contributed by atoms with Crippen LogP contribution < -0.4 is 10.6 Å². The normalized spacial score (nSPS) is 19.2. The fraction of sp³-hybridized carbons (Fsp3) is 0.333. The molecule has 0 bridgehead atoms. The second kappa shape index (κ2) is 5.49. The summed E-state index contributed by atoms with van der Waals surface area (Å²) in [5.74, 6) is -0.543. The van der Waals surface area contributed by atoms with Gasteiger partial charge in [-0.25, -0.2) is 0 Å². The van der Waals surface area contributed by atoms with Crippen molar-refractivity contribution in [1.82, 2.24) is 5.32 Å². The number of halogens is 1. The molecule has 0 radical (unpaired) electrons. The van der Waals surface area contributed by atoms with Gasteiger partial charge >= 0.3 is 0 Å². The van der Waals surface area contributed by atoms with Crippen LogP contribution in [0.5, 0.6) is 0 Å². The molecule has 2 rings (SSSR count). The number of nitrogens with one attached hydrogen (secondary N) is 2. The zero-order valence-electron chi connectivity index (χ0n) is 9.83. The van der Waals surface area contributed by atoms with Crippen molar-refractivity contribution in [3.8, 4) is 0 Å². The predicted octanol–water partition coefficient (Wildman–Crippen LogP) is 1.21. The Bertz CT molecular complexity index is 490. The molecule has 1 aliphatic heterocycles. The van der Waals surface area contributed by atoms with Gasteiger partial charge in [0.05, 0.1) is 6.61 Å². The Kier molecular flexibility index (Phi) is 3.98. The fourth-order valence-corrected chi connectivity index (χ4v) is 1.89. The maximum atomic E-state index is 11.9. The van der Waals surface area contributed by atoms with Crippen molar-refractivity contribution in [3.63, 3.8) is 0 Å². The standard InChI is InChI=1S/C12H13BrN2O3/c1-7-4-8(2-3-9(7)13)14-12(17)10-5-18-6-11(16)15-10/h2-4,10H,5-6H2,1H3,(H,14,17)(H,15,16). The van der Waals surface area contributed by atoms with Crippen LogP contribution in [0, 0.1) is 6.92 Å². The van der Waals surface area contributed by atoms with Crippen LogP contribution in [0.15, 0.2) is 22.7 Å². The zero-order chi connectivity index (χ0) is 13.1. The monoisotopic (exact) mass is 312 g/mol. The Morgan fingerprint density at radius 3 is 3.00 bits per heavy atom. The smallest absolute Gasteiger partial charge is 0.249 e. The number of carbonyl (C=O) groups excluding carboxylic acids is 2. The molecular formula is C12H13BrN2O3. The lowest BCUT2D eigenvalue weighted by Crippen LogP contribution is -2.51. The van der Waals surface area contributed by atoms with Crippen LogP contribution in [-0.2, 0) is 14.3 Å². The van der Waals surface area contributed by atoms with E-state index in [1.165, 1.54) is 0 Å². The highest BCUT2D eigenvalue weighted by atomic mass is 79.9. The summed E-state index contributed by atoms with van der Waals surface area (Å²) >= 11 is 3.39. The second-order valence-electron chi connectivity index (χ2n) is 4.09. The van der Waals surface area contributed by atoms with E-state index in [4.69, 9.17) is 4.74 Å². The molecular weight excluding hydrogens is 300 g/mol. The van der Waals surface area contributed by atoms with Gasteiger partial charge < -0.3 is 15.4 Å². The molecule has 1 fully saturated rings. The number of anilines is 1. The first-order valence-corrected chi connectivity index (χ1v) is 6.29. The van der Waals surface area contributed by atoms with E-state index in [0.29, 0.717) is 5.69 Å². The molecule has 1 atom stereocenters. The molecule has 18 heavy (non-hydrogen) atoms. The van der Waals surface area contributed by atoms with Gasteiger partial charge in [0.1, 0.15) is 12.6 Å². The second-order valence-corrected chi connectivity index (χ2v) is 4.94. The molecule has 0 spiro atoms. The maximum Gasteiger partial charge on any atom is 0.249 e. The van der Waals surface area contributed by atoms with E-state index in [1.54, 1.807) is 6.07 Å². The summed E-state index contributed by atoms with van der Waals surface area (Å²) in [6.45, 7) is 2.15. The van der Waals surface area contributed by atoms with Crippen molar-refractivity contribution < 1.29 is 14.3 Å². The summed E-state index contributed by atoms with van der Waals surface area (Å²) in [5, 5.41) is 5.32. The highest BCUT2D eigenvalue weighted by molar-refractivity contribution is 9.10. The zero-order valence-corrected chi connectivity index (χ0v) is 11.4. The Morgan fingerprint density at radius 2 is 2.33 bits per heavy atom. The summed E-state index contributed by atoms with van der Waals surface area (Å²) in [7, 11) is 0. The molecule has 96 valence electrons. The van der Waals surface area contributed by atoms with E-state index in [9.17, 15) is 9.59 Å². The molecule has 0 saturated carbocycles. The SMILES string of the molecule is Cc1cc(NC(=O)C2COCC(=O)N2)ccc1Br. The quantitative estimate of drug-likeness (QED) is 0.862. The van der Waals surface area contributed by atoms with Crippen LogP contribution in [0.2, 0.25) is 0 Å². The molecule has 6 heteroatoms. The highest BCUT2D eigenvalue weighted by Gasteiger charge is 2.25. The Morgan fingerprint density at radius 1 is 1.56 bits per heavy atom. The highest BCUT2D eigenvalue weighted by Crippen LogP contribution is 2.20. The number of hydrogen-bond donors (Lipinski definition) is 2. The van der Waals surface area contributed by atoms with E-state index in [0.717, 1.165) is 10.0 Å². The summed E-state index contributed by atoms with van der Waals surface area (Å²) in [4.78, 5) is 23.0. The number of aryl methyl sites for hydroxylation is 1. The molecule has 5 nitrogen and oxygen atoms in total. The molecule has 1 unspecified atom stereocenters. The number of amides is 2. The van der Waals surface area contributed by atoms with Crippen molar-refractivity contribution in [2.24, 2.45) is 0 Å². The van der Waals surface area contributed by atoms with Gasteiger partial charge in [-0.15, -0.1) is 0 Å². The average Bonchev–Trinajstić information content (AvgIpc) is 2.34. The van der Waals surface area contributed by atoms with E-state index in [1.807, 2.05) is 19.1 Å². The number of ether oxygens (including phenoxy) is 1. The number of benzene rings is 1. The van der Waals surface area contributed by atoms with Crippen molar-refractivity contribution in [2.45, 2.75) is 13.0 Å². The van der Waals surface area contributed by atoms with Gasteiger partial charge in [-0.1, -0.05) is 15.9 Å². The molecule has 2 amide bonds. The van der Waals surface area contributed by atoms with Crippen LogP contribution >= 0.6 is 15.9 Å². The molecule has 1 saturated heterocycles. The average molecular weight is 313 g/mol. The van der Waals surface area contributed by atoms with Crippen molar-refractivity contribution in [3.05, 3.63) is 28.2 Å². The first-order chi connectivity index (χ1) is 8.56. The number of morpholine rings is 1.